The molecule has 0 radical (unpaired) electrons. The van der Waals surface area contributed by atoms with Gasteiger partial charge in [-0.2, -0.15) is 16.9 Å². The Morgan fingerprint density at radius 3 is 2.90 bits per heavy atom. The Hall–Kier alpha value is -1.00. The van der Waals surface area contributed by atoms with Crippen LogP contribution in [0.3, 0.4) is 0 Å². The highest BCUT2D eigenvalue weighted by atomic mass is 32.2. The Balaban J connectivity index is 1.65. The quantitative estimate of drug-likeness (QED) is 0.916. The van der Waals surface area contributed by atoms with Gasteiger partial charge in [0.1, 0.15) is 0 Å². The summed E-state index contributed by atoms with van der Waals surface area (Å²) in [5.74, 6) is 3.52. The maximum absolute atomic E-state index is 4.74. The number of hydrogen-bond acceptors (Lipinski definition) is 3. The number of nitrogens with one attached hydrogen (secondary N) is 1. The van der Waals surface area contributed by atoms with Gasteiger partial charge in [0, 0.05) is 18.5 Å². The summed E-state index contributed by atoms with van der Waals surface area (Å²) in [5, 5.41) is 9.65. The van der Waals surface area contributed by atoms with Crippen LogP contribution in [-0.2, 0) is 13.1 Å². The van der Waals surface area contributed by atoms with Gasteiger partial charge in [-0.15, -0.1) is 0 Å². The molecule has 1 saturated heterocycles. The van der Waals surface area contributed by atoms with Crippen LogP contribution in [-0.4, -0.2) is 27.8 Å². The van der Waals surface area contributed by atoms with Crippen molar-refractivity contribution in [2.75, 3.05) is 18.1 Å². The van der Waals surface area contributed by atoms with E-state index in [1.807, 2.05) is 0 Å². The van der Waals surface area contributed by atoms with Gasteiger partial charge in [-0.3, -0.25) is 4.68 Å². The maximum Gasteiger partial charge on any atom is 0.0841 e. The Bertz CT molecular complexity index is 558. The largest absolute Gasteiger partial charge is 0.311 e. The molecule has 20 heavy (non-hydrogen) atoms. The average Bonchev–Trinajstić information content (AvgIpc) is 2.87. The highest BCUT2D eigenvalue weighted by Gasteiger charge is 2.14. The van der Waals surface area contributed by atoms with Gasteiger partial charge in [0.15, 0.2) is 0 Å². The smallest absolute Gasteiger partial charge is 0.0841 e. The molecule has 0 aliphatic carbocycles. The van der Waals surface area contributed by atoms with Crippen LogP contribution in [0, 0.1) is 5.92 Å². The molecular formula is C16H23N3S. The number of nitrogens with zero attached hydrogens (tertiary/aromatic N) is 2. The lowest BCUT2D eigenvalue weighted by molar-refractivity contribution is 0.445. The van der Waals surface area contributed by atoms with E-state index in [4.69, 9.17) is 5.10 Å². The van der Waals surface area contributed by atoms with Crippen LogP contribution in [0.25, 0.3) is 10.9 Å². The zero-order valence-corrected chi connectivity index (χ0v) is 13.0. The number of thioether (sulfide) groups is 1. The number of aromatic nitrogens is 2. The number of fused-ring (bicyclic) bond motifs is 1. The summed E-state index contributed by atoms with van der Waals surface area (Å²) in [6, 6.07) is 8.54. The van der Waals surface area contributed by atoms with E-state index in [0.717, 1.165) is 25.6 Å². The fraction of sp³-hybridized carbons (Fsp3) is 0.562. The zero-order valence-electron chi connectivity index (χ0n) is 12.1. The van der Waals surface area contributed by atoms with Crippen molar-refractivity contribution in [1.82, 2.24) is 15.1 Å². The first-order valence-corrected chi connectivity index (χ1v) is 8.77. The number of rotatable bonds is 5. The third-order valence-electron chi connectivity index (χ3n) is 4.10. The van der Waals surface area contributed by atoms with Crippen molar-refractivity contribution in [2.24, 2.45) is 5.92 Å². The van der Waals surface area contributed by atoms with E-state index in [0.29, 0.717) is 0 Å². The minimum atomic E-state index is 0.857. The normalized spacial score (nSPS) is 16.9. The van der Waals surface area contributed by atoms with E-state index >= 15 is 0 Å². The third-order valence-corrected chi connectivity index (χ3v) is 5.15. The van der Waals surface area contributed by atoms with Crippen molar-refractivity contribution < 1.29 is 0 Å². The van der Waals surface area contributed by atoms with E-state index in [1.165, 1.54) is 40.9 Å². The van der Waals surface area contributed by atoms with E-state index in [9.17, 15) is 0 Å². The SMILES string of the molecule is CCn1nc(CNCC2CCSCC2)c2ccccc21. The molecule has 108 valence electrons. The molecule has 1 N–H and O–H groups in total. The highest BCUT2D eigenvalue weighted by Crippen LogP contribution is 2.22. The van der Waals surface area contributed by atoms with Gasteiger partial charge in [-0.05, 0) is 49.8 Å². The first-order chi connectivity index (χ1) is 9.88. The summed E-state index contributed by atoms with van der Waals surface area (Å²) in [6.45, 7) is 5.10. The summed E-state index contributed by atoms with van der Waals surface area (Å²) in [4.78, 5) is 0. The summed E-state index contributed by atoms with van der Waals surface area (Å²) < 4.78 is 2.10. The Morgan fingerprint density at radius 1 is 1.30 bits per heavy atom. The number of hydrogen-bond donors (Lipinski definition) is 1. The van der Waals surface area contributed by atoms with Crippen LogP contribution >= 0.6 is 11.8 Å². The van der Waals surface area contributed by atoms with Gasteiger partial charge < -0.3 is 5.32 Å². The highest BCUT2D eigenvalue weighted by molar-refractivity contribution is 7.99. The second kappa shape index (κ2) is 6.64. The second-order valence-electron chi connectivity index (χ2n) is 5.47. The van der Waals surface area contributed by atoms with Crippen molar-refractivity contribution in [3.8, 4) is 0 Å². The molecule has 0 unspecified atom stereocenters. The molecule has 0 bridgehead atoms. The van der Waals surface area contributed by atoms with Crippen LogP contribution in [0.15, 0.2) is 24.3 Å². The number of aryl methyl sites for hydroxylation is 1. The number of para-hydroxylation sites is 1. The van der Waals surface area contributed by atoms with Gasteiger partial charge in [-0.1, -0.05) is 18.2 Å². The zero-order chi connectivity index (χ0) is 13.8. The fourth-order valence-electron chi connectivity index (χ4n) is 2.91. The summed E-state index contributed by atoms with van der Waals surface area (Å²) >= 11 is 2.09. The van der Waals surface area contributed by atoms with Gasteiger partial charge >= 0.3 is 0 Å². The average molecular weight is 289 g/mol. The van der Waals surface area contributed by atoms with Gasteiger partial charge in [-0.25, -0.2) is 0 Å². The molecule has 2 aromatic rings. The molecule has 3 rings (SSSR count). The standard InChI is InChI=1S/C16H23N3S/c1-2-19-16-6-4-3-5-14(16)15(18-19)12-17-11-13-7-9-20-10-8-13/h3-6,13,17H,2,7-12H2,1H3. The van der Waals surface area contributed by atoms with Crippen LogP contribution in [0.1, 0.15) is 25.5 Å². The summed E-state index contributed by atoms with van der Waals surface area (Å²) in [7, 11) is 0. The first kappa shape index (κ1) is 14.0. The van der Waals surface area contributed by atoms with Crippen LogP contribution in [0.2, 0.25) is 0 Å². The Morgan fingerprint density at radius 2 is 2.10 bits per heavy atom. The molecule has 0 saturated carbocycles. The molecule has 2 heterocycles. The van der Waals surface area contributed by atoms with E-state index < -0.39 is 0 Å². The Kier molecular flexibility index (Phi) is 4.63. The molecule has 0 spiro atoms. The maximum atomic E-state index is 4.74. The third kappa shape index (κ3) is 3.01. The van der Waals surface area contributed by atoms with Crippen LogP contribution in [0.5, 0.6) is 0 Å². The van der Waals surface area contributed by atoms with Crippen molar-refractivity contribution in [1.29, 1.82) is 0 Å². The molecule has 1 fully saturated rings. The molecule has 0 amide bonds. The van der Waals surface area contributed by atoms with E-state index in [-0.39, 0.29) is 0 Å². The van der Waals surface area contributed by atoms with Gasteiger partial charge in [0.25, 0.3) is 0 Å². The predicted octanol–water partition coefficient (Wildman–Crippen LogP) is 3.29. The number of benzene rings is 1. The molecule has 0 atom stereocenters. The predicted molar refractivity (Wildman–Crippen MR) is 87.2 cm³/mol. The lowest BCUT2D eigenvalue weighted by Crippen LogP contribution is -2.25. The molecule has 3 nitrogen and oxygen atoms in total. The molecule has 1 aliphatic heterocycles. The van der Waals surface area contributed by atoms with Crippen LogP contribution in [0.4, 0.5) is 0 Å². The molecular weight excluding hydrogens is 266 g/mol. The minimum absolute atomic E-state index is 0.857. The van der Waals surface area contributed by atoms with Gasteiger partial charge in [0.05, 0.1) is 11.2 Å². The van der Waals surface area contributed by atoms with Crippen molar-refractivity contribution in [3.05, 3.63) is 30.0 Å². The molecule has 1 aromatic heterocycles. The monoisotopic (exact) mass is 289 g/mol. The fourth-order valence-corrected chi connectivity index (χ4v) is 4.12. The lowest BCUT2D eigenvalue weighted by atomic mass is 10.0. The lowest BCUT2D eigenvalue weighted by Gasteiger charge is -2.21. The second-order valence-corrected chi connectivity index (χ2v) is 6.69. The van der Waals surface area contributed by atoms with Crippen molar-refractivity contribution in [3.63, 3.8) is 0 Å². The van der Waals surface area contributed by atoms with E-state index in [2.05, 4.69) is 52.9 Å². The van der Waals surface area contributed by atoms with Gasteiger partial charge in [0.2, 0.25) is 0 Å². The van der Waals surface area contributed by atoms with Crippen LogP contribution < -0.4 is 5.32 Å². The summed E-state index contributed by atoms with van der Waals surface area (Å²) in [6.07, 6.45) is 2.73. The first-order valence-electron chi connectivity index (χ1n) is 7.61. The molecule has 1 aliphatic rings. The van der Waals surface area contributed by atoms with Crippen molar-refractivity contribution in [2.45, 2.75) is 32.9 Å². The van der Waals surface area contributed by atoms with E-state index in [1.54, 1.807) is 0 Å². The topological polar surface area (TPSA) is 29.9 Å². The molecule has 4 heteroatoms. The van der Waals surface area contributed by atoms with Crippen molar-refractivity contribution >= 4 is 22.7 Å². The molecule has 1 aromatic carbocycles. The summed E-state index contributed by atoms with van der Waals surface area (Å²) in [5.41, 5.74) is 2.44. The minimum Gasteiger partial charge on any atom is -0.311 e. The Labute approximate surface area is 125 Å².